The first kappa shape index (κ1) is 13.5. The summed E-state index contributed by atoms with van der Waals surface area (Å²) in [6.45, 7) is 4.28. The van der Waals surface area contributed by atoms with Crippen LogP contribution in [0.5, 0.6) is 0 Å². The van der Waals surface area contributed by atoms with Crippen LogP contribution < -0.4 is 4.90 Å². The van der Waals surface area contributed by atoms with Crippen molar-refractivity contribution in [2.75, 3.05) is 11.9 Å². The predicted molar refractivity (Wildman–Crippen MR) is 69.9 cm³/mol. The standard InChI is InChI=1S/C14H20N2O/c1-4-13(5-2)16(3)14-7-6-11(10-17)8-12(14)9-15/h6-8,13,17H,4-5,10H2,1-3H3. The van der Waals surface area contributed by atoms with Gasteiger partial charge in [-0.1, -0.05) is 19.9 Å². The average molecular weight is 232 g/mol. The topological polar surface area (TPSA) is 47.3 Å². The highest BCUT2D eigenvalue weighted by atomic mass is 16.3. The molecule has 1 aromatic rings. The van der Waals surface area contributed by atoms with Crippen LogP contribution in [0.4, 0.5) is 5.69 Å². The monoisotopic (exact) mass is 232 g/mol. The Balaban J connectivity index is 3.09. The summed E-state index contributed by atoms with van der Waals surface area (Å²) in [5, 5.41) is 18.2. The molecule has 92 valence electrons. The molecule has 3 heteroatoms. The summed E-state index contributed by atoms with van der Waals surface area (Å²) in [6, 6.07) is 8.20. The van der Waals surface area contributed by atoms with Gasteiger partial charge in [-0.05, 0) is 30.5 Å². The quantitative estimate of drug-likeness (QED) is 0.849. The zero-order valence-electron chi connectivity index (χ0n) is 10.8. The molecule has 0 aliphatic rings. The van der Waals surface area contributed by atoms with Gasteiger partial charge < -0.3 is 10.0 Å². The molecule has 0 saturated carbocycles. The third-order valence-electron chi connectivity index (χ3n) is 3.23. The average Bonchev–Trinajstić information content (AvgIpc) is 2.39. The van der Waals surface area contributed by atoms with Crippen molar-refractivity contribution >= 4 is 5.69 Å². The Morgan fingerprint density at radius 1 is 1.35 bits per heavy atom. The van der Waals surface area contributed by atoms with Crippen molar-refractivity contribution in [1.82, 2.24) is 0 Å². The molecule has 0 aliphatic carbocycles. The lowest BCUT2D eigenvalue weighted by Crippen LogP contribution is -2.30. The normalized spacial score (nSPS) is 10.4. The molecule has 0 radical (unpaired) electrons. The van der Waals surface area contributed by atoms with E-state index in [1.54, 1.807) is 6.07 Å². The molecule has 1 rings (SSSR count). The maximum absolute atomic E-state index is 9.16. The molecule has 0 saturated heterocycles. The molecule has 0 aromatic heterocycles. The van der Waals surface area contributed by atoms with Crippen LogP contribution in [0.15, 0.2) is 18.2 Å². The summed E-state index contributed by atoms with van der Waals surface area (Å²) in [6.07, 6.45) is 2.11. The van der Waals surface area contributed by atoms with E-state index in [4.69, 9.17) is 10.4 Å². The van der Waals surface area contributed by atoms with E-state index in [-0.39, 0.29) is 6.61 Å². The van der Waals surface area contributed by atoms with Gasteiger partial charge >= 0.3 is 0 Å². The van der Waals surface area contributed by atoms with Crippen molar-refractivity contribution < 1.29 is 5.11 Å². The molecule has 0 spiro atoms. The van der Waals surface area contributed by atoms with Crippen LogP contribution >= 0.6 is 0 Å². The van der Waals surface area contributed by atoms with Crippen molar-refractivity contribution in [1.29, 1.82) is 5.26 Å². The molecule has 1 N–H and O–H groups in total. The Labute approximate surface area is 103 Å². The van der Waals surface area contributed by atoms with Crippen molar-refractivity contribution in [2.45, 2.75) is 39.3 Å². The summed E-state index contributed by atoms with van der Waals surface area (Å²) >= 11 is 0. The molecule has 0 fully saturated rings. The number of hydrogen-bond donors (Lipinski definition) is 1. The van der Waals surface area contributed by atoms with Crippen molar-refractivity contribution in [2.24, 2.45) is 0 Å². The third kappa shape index (κ3) is 2.98. The van der Waals surface area contributed by atoms with Crippen LogP contribution in [0.25, 0.3) is 0 Å². The van der Waals surface area contributed by atoms with Crippen molar-refractivity contribution in [3.05, 3.63) is 29.3 Å². The second-order valence-electron chi connectivity index (χ2n) is 4.20. The molecular formula is C14H20N2O. The second kappa shape index (κ2) is 6.27. The number of aliphatic hydroxyl groups excluding tert-OH is 1. The van der Waals surface area contributed by atoms with Gasteiger partial charge in [-0.2, -0.15) is 5.26 Å². The van der Waals surface area contributed by atoms with Crippen molar-refractivity contribution in [3.8, 4) is 6.07 Å². The zero-order valence-corrected chi connectivity index (χ0v) is 10.8. The number of benzene rings is 1. The van der Waals surface area contributed by atoms with Gasteiger partial charge in [-0.25, -0.2) is 0 Å². The Bertz CT molecular complexity index is 405. The number of hydrogen-bond acceptors (Lipinski definition) is 3. The summed E-state index contributed by atoms with van der Waals surface area (Å²) in [7, 11) is 2.02. The Morgan fingerprint density at radius 2 is 2.00 bits per heavy atom. The van der Waals surface area contributed by atoms with E-state index in [1.807, 2.05) is 19.2 Å². The summed E-state index contributed by atoms with van der Waals surface area (Å²) in [5.74, 6) is 0. The summed E-state index contributed by atoms with van der Waals surface area (Å²) < 4.78 is 0. The lowest BCUT2D eigenvalue weighted by Gasteiger charge is -2.29. The minimum Gasteiger partial charge on any atom is -0.392 e. The highest BCUT2D eigenvalue weighted by molar-refractivity contribution is 5.60. The minimum absolute atomic E-state index is 0.0241. The fourth-order valence-corrected chi connectivity index (χ4v) is 2.11. The van der Waals surface area contributed by atoms with E-state index < -0.39 is 0 Å². The molecule has 1 aromatic carbocycles. The molecule has 0 aliphatic heterocycles. The SMILES string of the molecule is CCC(CC)N(C)c1ccc(CO)cc1C#N. The first-order chi connectivity index (χ1) is 8.17. The molecule has 0 heterocycles. The van der Waals surface area contributed by atoms with E-state index in [0.29, 0.717) is 11.6 Å². The first-order valence-electron chi connectivity index (χ1n) is 6.04. The molecular weight excluding hydrogens is 212 g/mol. The van der Waals surface area contributed by atoms with Gasteiger partial charge in [0, 0.05) is 13.1 Å². The molecule has 3 nitrogen and oxygen atoms in total. The lowest BCUT2D eigenvalue weighted by molar-refractivity contribution is 0.282. The first-order valence-corrected chi connectivity index (χ1v) is 6.04. The van der Waals surface area contributed by atoms with Gasteiger partial charge in [-0.15, -0.1) is 0 Å². The maximum Gasteiger partial charge on any atom is 0.101 e. The van der Waals surface area contributed by atoms with Crippen LogP contribution in [0, 0.1) is 11.3 Å². The Morgan fingerprint density at radius 3 is 2.47 bits per heavy atom. The fraction of sp³-hybridized carbons (Fsp3) is 0.500. The van der Waals surface area contributed by atoms with E-state index in [1.165, 1.54) is 0 Å². The predicted octanol–water partition coefficient (Wildman–Crippen LogP) is 2.68. The fourth-order valence-electron chi connectivity index (χ4n) is 2.11. The van der Waals surface area contributed by atoms with Gasteiger partial charge in [0.15, 0.2) is 0 Å². The lowest BCUT2D eigenvalue weighted by atomic mass is 10.1. The Kier molecular flexibility index (Phi) is 4.99. The van der Waals surface area contributed by atoms with Crippen LogP contribution in [-0.4, -0.2) is 18.2 Å². The highest BCUT2D eigenvalue weighted by Gasteiger charge is 2.14. The van der Waals surface area contributed by atoms with E-state index in [2.05, 4.69) is 24.8 Å². The van der Waals surface area contributed by atoms with Gasteiger partial charge in [0.25, 0.3) is 0 Å². The van der Waals surface area contributed by atoms with E-state index >= 15 is 0 Å². The highest BCUT2D eigenvalue weighted by Crippen LogP contribution is 2.24. The van der Waals surface area contributed by atoms with Crippen LogP contribution in [0.1, 0.15) is 37.8 Å². The van der Waals surface area contributed by atoms with Crippen molar-refractivity contribution in [3.63, 3.8) is 0 Å². The van der Waals surface area contributed by atoms with Gasteiger partial charge in [0.05, 0.1) is 17.9 Å². The molecule has 0 unspecified atom stereocenters. The third-order valence-corrected chi connectivity index (χ3v) is 3.23. The number of aliphatic hydroxyl groups is 1. The maximum atomic E-state index is 9.16. The van der Waals surface area contributed by atoms with E-state index in [9.17, 15) is 0 Å². The van der Waals surface area contributed by atoms with Crippen LogP contribution in [-0.2, 0) is 6.61 Å². The molecule has 0 atom stereocenters. The van der Waals surface area contributed by atoms with Gasteiger partial charge in [0.2, 0.25) is 0 Å². The minimum atomic E-state index is -0.0241. The molecule has 0 bridgehead atoms. The molecule has 0 amide bonds. The summed E-state index contributed by atoms with van der Waals surface area (Å²) in [5.41, 5.74) is 2.35. The zero-order chi connectivity index (χ0) is 12.8. The van der Waals surface area contributed by atoms with Gasteiger partial charge in [0.1, 0.15) is 6.07 Å². The summed E-state index contributed by atoms with van der Waals surface area (Å²) in [4.78, 5) is 2.15. The largest absolute Gasteiger partial charge is 0.392 e. The number of nitriles is 1. The van der Waals surface area contributed by atoms with Crippen LogP contribution in [0.2, 0.25) is 0 Å². The Hall–Kier alpha value is -1.53. The van der Waals surface area contributed by atoms with E-state index in [0.717, 1.165) is 24.1 Å². The number of nitrogens with zero attached hydrogens (tertiary/aromatic N) is 2. The number of anilines is 1. The smallest absolute Gasteiger partial charge is 0.101 e. The second-order valence-corrected chi connectivity index (χ2v) is 4.20. The molecule has 17 heavy (non-hydrogen) atoms. The van der Waals surface area contributed by atoms with Crippen LogP contribution in [0.3, 0.4) is 0 Å². The van der Waals surface area contributed by atoms with Gasteiger partial charge in [-0.3, -0.25) is 0 Å². The number of rotatable bonds is 5.